The number of carbonyl (C=O) groups excluding carboxylic acids is 1. The Morgan fingerprint density at radius 2 is 2.22 bits per heavy atom. The lowest BCUT2D eigenvalue weighted by Gasteiger charge is -2.10. The predicted molar refractivity (Wildman–Crippen MR) is 88.2 cm³/mol. The van der Waals surface area contributed by atoms with Crippen LogP contribution in [0.2, 0.25) is 0 Å². The van der Waals surface area contributed by atoms with Crippen LogP contribution < -0.4 is 5.32 Å². The van der Waals surface area contributed by atoms with Crippen LogP contribution in [0.5, 0.6) is 0 Å². The Morgan fingerprint density at radius 1 is 1.26 bits per heavy atom. The quantitative estimate of drug-likeness (QED) is 0.809. The molecule has 5 heteroatoms. The molecule has 1 amide bonds. The maximum atomic E-state index is 12.2. The van der Waals surface area contributed by atoms with Crippen molar-refractivity contribution in [3.63, 3.8) is 0 Å². The van der Waals surface area contributed by atoms with Crippen LogP contribution in [0.4, 0.5) is 5.69 Å². The van der Waals surface area contributed by atoms with Crippen LogP contribution in [-0.4, -0.2) is 28.5 Å². The van der Waals surface area contributed by atoms with Crippen LogP contribution in [0.15, 0.2) is 54.9 Å². The molecule has 5 nitrogen and oxygen atoms in total. The zero-order chi connectivity index (χ0) is 15.6. The molecular weight excluding hydrogens is 290 g/mol. The molecule has 3 heterocycles. The van der Waals surface area contributed by atoms with Crippen molar-refractivity contribution in [2.45, 2.75) is 6.42 Å². The molecule has 0 radical (unpaired) electrons. The highest BCUT2D eigenvalue weighted by Gasteiger charge is 2.23. The molecule has 2 aromatic heterocycles. The van der Waals surface area contributed by atoms with E-state index in [1.54, 1.807) is 0 Å². The third-order valence-electron chi connectivity index (χ3n) is 4.09. The van der Waals surface area contributed by atoms with E-state index in [0.717, 1.165) is 29.0 Å². The number of fused-ring (bicyclic) bond motifs is 1. The summed E-state index contributed by atoms with van der Waals surface area (Å²) < 4.78 is 7.25. The molecule has 1 aliphatic heterocycles. The summed E-state index contributed by atoms with van der Waals surface area (Å²) >= 11 is 0. The van der Waals surface area contributed by atoms with E-state index in [1.807, 2.05) is 59.3 Å². The van der Waals surface area contributed by atoms with Gasteiger partial charge in [-0.15, -0.1) is 0 Å². The minimum absolute atomic E-state index is 0.0228. The maximum Gasteiger partial charge on any atom is 0.229 e. The molecular formula is C18H17N3O2. The number of hydrogen-bond donors (Lipinski definition) is 1. The van der Waals surface area contributed by atoms with Crippen LogP contribution in [0.25, 0.3) is 16.9 Å². The molecule has 0 aliphatic carbocycles. The molecule has 1 aliphatic rings. The number of ether oxygens (including phenoxy) is 1. The molecule has 0 saturated carbocycles. The largest absolute Gasteiger partial charge is 0.381 e. The second-order valence-electron chi connectivity index (χ2n) is 5.72. The van der Waals surface area contributed by atoms with Crippen molar-refractivity contribution in [1.82, 2.24) is 9.38 Å². The number of pyridine rings is 1. The van der Waals surface area contributed by atoms with E-state index in [0.29, 0.717) is 13.2 Å². The summed E-state index contributed by atoms with van der Waals surface area (Å²) in [6.45, 7) is 1.18. The summed E-state index contributed by atoms with van der Waals surface area (Å²) in [5.41, 5.74) is 3.56. The number of imidazole rings is 1. The predicted octanol–water partition coefficient (Wildman–Crippen LogP) is 2.98. The molecule has 4 rings (SSSR count). The molecule has 0 spiro atoms. The third kappa shape index (κ3) is 2.83. The Bertz CT molecular complexity index is 817. The number of aromatic nitrogens is 2. The van der Waals surface area contributed by atoms with E-state index in [9.17, 15) is 4.79 Å². The van der Waals surface area contributed by atoms with Gasteiger partial charge in [-0.1, -0.05) is 18.2 Å². The number of rotatable bonds is 3. The minimum atomic E-state index is -0.0474. The van der Waals surface area contributed by atoms with Gasteiger partial charge >= 0.3 is 0 Å². The molecule has 1 fully saturated rings. The first-order valence-corrected chi connectivity index (χ1v) is 7.72. The molecule has 1 N–H and O–H groups in total. The van der Waals surface area contributed by atoms with E-state index in [2.05, 4.69) is 10.3 Å². The average molecular weight is 307 g/mol. The number of hydrogen-bond acceptors (Lipinski definition) is 3. The smallest absolute Gasteiger partial charge is 0.229 e. The zero-order valence-corrected chi connectivity index (χ0v) is 12.6. The lowest BCUT2D eigenvalue weighted by Crippen LogP contribution is -2.22. The molecule has 0 bridgehead atoms. The number of nitrogens with one attached hydrogen (secondary N) is 1. The Morgan fingerprint density at radius 3 is 3.04 bits per heavy atom. The van der Waals surface area contributed by atoms with Crippen molar-refractivity contribution < 1.29 is 9.53 Å². The summed E-state index contributed by atoms with van der Waals surface area (Å²) in [6, 6.07) is 13.7. The molecule has 0 unspecified atom stereocenters. The van der Waals surface area contributed by atoms with Gasteiger partial charge in [0.15, 0.2) is 0 Å². The van der Waals surface area contributed by atoms with E-state index in [-0.39, 0.29) is 11.8 Å². The standard InChI is InChI=1S/C18H17N3O2/c22-18(14-7-9-23-12-14)19-15-5-3-4-13(10-15)16-11-21-8-2-1-6-17(21)20-16/h1-6,8,10-11,14H,7,9,12H2,(H,19,22)/t14-/m0/s1. The summed E-state index contributed by atoms with van der Waals surface area (Å²) in [5, 5.41) is 2.97. The van der Waals surface area contributed by atoms with Gasteiger partial charge in [-0.05, 0) is 30.7 Å². The van der Waals surface area contributed by atoms with Crippen molar-refractivity contribution in [2.75, 3.05) is 18.5 Å². The summed E-state index contributed by atoms with van der Waals surface area (Å²) in [6.07, 6.45) is 4.75. The van der Waals surface area contributed by atoms with Crippen molar-refractivity contribution in [1.29, 1.82) is 0 Å². The number of nitrogens with zero attached hydrogens (tertiary/aromatic N) is 2. The molecule has 1 atom stereocenters. The van der Waals surface area contributed by atoms with E-state index in [1.165, 1.54) is 0 Å². The average Bonchev–Trinajstić information content (AvgIpc) is 3.24. The minimum Gasteiger partial charge on any atom is -0.381 e. The monoisotopic (exact) mass is 307 g/mol. The Hall–Kier alpha value is -2.66. The van der Waals surface area contributed by atoms with Gasteiger partial charge < -0.3 is 14.5 Å². The SMILES string of the molecule is O=C(Nc1cccc(-c2cn3ccccc3n2)c1)[C@H]1CCOC1. The highest BCUT2D eigenvalue weighted by molar-refractivity contribution is 5.93. The van der Waals surface area contributed by atoms with Crippen LogP contribution in [0, 0.1) is 5.92 Å². The lowest BCUT2D eigenvalue weighted by atomic mass is 10.1. The van der Waals surface area contributed by atoms with Crippen LogP contribution in [0.3, 0.4) is 0 Å². The van der Waals surface area contributed by atoms with E-state index < -0.39 is 0 Å². The topological polar surface area (TPSA) is 55.6 Å². The Labute approximate surface area is 133 Å². The van der Waals surface area contributed by atoms with Gasteiger partial charge in [-0.2, -0.15) is 0 Å². The normalized spacial score (nSPS) is 17.5. The number of amides is 1. The maximum absolute atomic E-state index is 12.2. The van der Waals surface area contributed by atoms with Crippen LogP contribution in [-0.2, 0) is 9.53 Å². The Kier molecular flexibility index (Phi) is 3.55. The van der Waals surface area contributed by atoms with Gasteiger partial charge in [0.1, 0.15) is 5.65 Å². The summed E-state index contributed by atoms with van der Waals surface area (Å²) in [4.78, 5) is 16.8. The fourth-order valence-corrected chi connectivity index (χ4v) is 2.82. The molecule has 116 valence electrons. The fourth-order valence-electron chi connectivity index (χ4n) is 2.82. The van der Waals surface area contributed by atoms with Crippen molar-refractivity contribution >= 4 is 17.2 Å². The first-order chi connectivity index (χ1) is 11.3. The first kappa shape index (κ1) is 14.0. The van der Waals surface area contributed by atoms with E-state index >= 15 is 0 Å². The van der Waals surface area contributed by atoms with Crippen molar-refractivity contribution in [3.05, 3.63) is 54.9 Å². The van der Waals surface area contributed by atoms with E-state index in [4.69, 9.17) is 4.74 Å². The van der Waals surface area contributed by atoms with Crippen LogP contribution >= 0.6 is 0 Å². The molecule has 3 aromatic rings. The molecule has 1 saturated heterocycles. The molecule has 1 aromatic carbocycles. The lowest BCUT2D eigenvalue weighted by molar-refractivity contribution is -0.119. The van der Waals surface area contributed by atoms with Gasteiger partial charge in [0, 0.05) is 30.3 Å². The third-order valence-corrected chi connectivity index (χ3v) is 4.09. The second-order valence-corrected chi connectivity index (χ2v) is 5.72. The second kappa shape index (κ2) is 5.85. The number of anilines is 1. The first-order valence-electron chi connectivity index (χ1n) is 7.72. The van der Waals surface area contributed by atoms with Gasteiger partial charge in [0.2, 0.25) is 5.91 Å². The van der Waals surface area contributed by atoms with Crippen molar-refractivity contribution in [3.8, 4) is 11.3 Å². The van der Waals surface area contributed by atoms with Crippen LogP contribution in [0.1, 0.15) is 6.42 Å². The number of carbonyl (C=O) groups is 1. The zero-order valence-electron chi connectivity index (χ0n) is 12.6. The van der Waals surface area contributed by atoms with Crippen molar-refractivity contribution in [2.24, 2.45) is 5.92 Å². The van der Waals surface area contributed by atoms with Gasteiger partial charge in [0.25, 0.3) is 0 Å². The fraction of sp³-hybridized carbons (Fsp3) is 0.222. The van der Waals surface area contributed by atoms with Gasteiger partial charge in [-0.3, -0.25) is 4.79 Å². The number of benzene rings is 1. The summed E-state index contributed by atoms with van der Waals surface area (Å²) in [7, 11) is 0. The van der Waals surface area contributed by atoms with Gasteiger partial charge in [0.05, 0.1) is 18.2 Å². The molecule has 23 heavy (non-hydrogen) atoms. The highest BCUT2D eigenvalue weighted by atomic mass is 16.5. The summed E-state index contributed by atoms with van der Waals surface area (Å²) in [5.74, 6) is -0.0245. The highest BCUT2D eigenvalue weighted by Crippen LogP contribution is 2.23. The Balaban J connectivity index is 1.59. The van der Waals surface area contributed by atoms with Gasteiger partial charge in [-0.25, -0.2) is 4.98 Å².